The Morgan fingerprint density at radius 1 is 1.30 bits per heavy atom. The average Bonchev–Trinajstić information content (AvgIpc) is 2.47. The van der Waals surface area contributed by atoms with E-state index in [0.29, 0.717) is 0 Å². The van der Waals surface area contributed by atoms with Gasteiger partial charge in [0.15, 0.2) is 0 Å². The molecule has 0 saturated heterocycles. The smallest absolute Gasteiger partial charge is 0.143 e. The van der Waals surface area contributed by atoms with Crippen LogP contribution in [0.4, 0.5) is 5.69 Å². The molecular formula is C16H26N2O2. The Balaban J connectivity index is 2.26. The van der Waals surface area contributed by atoms with Crippen molar-refractivity contribution < 1.29 is 9.84 Å². The molecule has 1 aliphatic heterocycles. The Morgan fingerprint density at radius 3 is 2.70 bits per heavy atom. The Morgan fingerprint density at radius 2 is 2.05 bits per heavy atom. The summed E-state index contributed by atoms with van der Waals surface area (Å²) in [7, 11) is 0. The molecule has 3 N–H and O–H groups in total. The number of hydrogen-bond donors (Lipinski definition) is 2. The number of aromatic hydroxyl groups is 1. The maximum Gasteiger partial charge on any atom is 0.143 e. The number of unbranched alkanes of at least 4 members (excludes halogenated alkanes) is 1. The Bertz CT molecular complexity index is 444. The summed E-state index contributed by atoms with van der Waals surface area (Å²) in [6.45, 7) is 6.91. The molecule has 0 fully saturated rings. The van der Waals surface area contributed by atoms with E-state index in [4.69, 9.17) is 10.5 Å². The number of ether oxygens (including phenoxy) is 1. The monoisotopic (exact) mass is 278 g/mol. The molecule has 20 heavy (non-hydrogen) atoms. The van der Waals surface area contributed by atoms with Crippen LogP contribution in [0, 0.1) is 0 Å². The minimum Gasteiger partial charge on any atom is -0.508 e. The van der Waals surface area contributed by atoms with Crippen LogP contribution in [0.2, 0.25) is 0 Å². The predicted molar refractivity (Wildman–Crippen MR) is 82.5 cm³/mol. The van der Waals surface area contributed by atoms with Crippen LogP contribution < -0.4 is 15.4 Å². The first kappa shape index (κ1) is 15.0. The van der Waals surface area contributed by atoms with Crippen LogP contribution in [0.3, 0.4) is 0 Å². The molecule has 2 rings (SSSR count). The van der Waals surface area contributed by atoms with Gasteiger partial charge in [-0.25, -0.2) is 0 Å². The molecule has 4 nitrogen and oxygen atoms in total. The maximum atomic E-state index is 9.72. The van der Waals surface area contributed by atoms with E-state index < -0.39 is 0 Å². The van der Waals surface area contributed by atoms with Crippen LogP contribution >= 0.6 is 0 Å². The van der Waals surface area contributed by atoms with Gasteiger partial charge in [0.25, 0.3) is 0 Å². The second kappa shape index (κ2) is 6.35. The maximum absolute atomic E-state index is 9.72. The van der Waals surface area contributed by atoms with Gasteiger partial charge in [0.05, 0.1) is 12.2 Å². The van der Waals surface area contributed by atoms with E-state index >= 15 is 0 Å². The van der Waals surface area contributed by atoms with Gasteiger partial charge in [-0.1, -0.05) is 13.8 Å². The lowest BCUT2D eigenvalue weighted by molar-refractivity contribution is 0.0573. The lowest BCUT2D eigenvalue weighted by atomic mass is 9.93. The van der Waals surface area contributed by atoms with Crippen molar-refractivity contribution in [2.75, 3.05) is 24.5 Å². The molecule has 0 radical (unpaired) electrons. The third-order valence-electron chi connectivity index (χ3n) is 4.26. The Kier molecular flexibility index (Phi) is 4.76. The van der Waals surface area contributed by atoms with Crippen molar-refractivity contribution in [3.63, 3.8) is 0 Å². The lowest BCUT2D eigenvalue weighted by Gasteiger charge is -2.44. The van der Waals surface area contributed by atoms with Gasteiger partial charge in [0, 0.05) is 12.6 Å². The van der Waals surface area contributed by atoms with E-state index in [1.165, 1.54) is 0 Å². The normalized spacial score (nSPS) is 16.6. The fourth-order valence-electron chi connectivity index (χ4n) is 2.80. The van der Waals surface area contributed by atoms with Crippen molar-refractivity contribution in [1.82, 2.24) is 0 Å². The topological polar surface area (TPSA) is 58.7 Å². The van der Waals surface area contributed by atoms with Crippen molar-refractivity contribution in [2.24, 2.45) is 5.73 Å². The minimum atomic E-state index is -0.118. The molecule has 4 heteroatoms. The summed E-state index contributed by atoms with van der Waals surface area (Å²) in [6, 6.07) is 5.37. The first-order chi connectivity index (χ1) is 9.64. The van der Waals surface area contributed by atoms with Crippen LogP contribution in [0.15, 0.2) is 18.2 Å². The van der Waals surface area contributed by atoms with E-state index in [2.05, 4.69) is 18.7 Å². The van der Waals surface area contributed by atoms with E-state index in [9.17, 15) is 5.11 Å². The number of rotatable bonds is 6. The van der Waals surface area contributed by atoms with Crippen LogP contribution in [-0.2, 0) is 0 Å². The highest BCUT2D eigenvalue weighted by atomic mass is 16.5. The molecule has 0 bridgehead atoms. The fraction of sp³-hybridized carbons (Fsp3) is 0.625. The lowest BCUT2D eigenvalue weighted by Crippen LogP contribution is -2.50. The van der Waals surface area contributed by atoms with Gasteiger partial charge in [0.1, 0.15) is 17.1 Å². The zero-order chi connectivity index (χ0) is 14.6. The van der Waals surface area contributed by atoms with Crippen molar-refractivity contribution in [3.8, 4) is 11.5 Å². The van der Waals surface area contributed by atoms with Gasteiger partial charge in [-0.05, 0) is 44.4 Å². The van der Waals surface area contributed by atoms with E-state index in [1.807, 2.05) is 6.07 Å². The van der Waals surface area contributed by atoms with Gasteiger partial charge in [-0.15, -0.1) is 0 Å². The molecule has 0 spiro atoms. The molecular weight excluding hydrogens is 252 g/mol. The van der Waals surface area contributed by atoms with Crippen LogP contribution in [-0.4, -0.2) is 30.3 Å². The summed E-state index contributed by atoms with van der Waals surface area (Å²) in [4.78, 5) is 2.33. The number of nitrogens with two attached hydrogens (primary N) is 1. The SMILES string of the molecule is CCC1(CC)CN(CCCCN)c2cc(O)ccc2O1. The molecule has 0 unspecified atom stereocenters. The second-order valence-electron chi connectivity index (χ2n) is 5.56. The van der Waals surface area contributed by atoms with Crippen molar-refractivity contribution >= 4 is 5.69 Å². The first-order valence-electron chi connectivity index (χ1n) is 7.61. The highest BCUT2D eigenvalue weighted by Crippen LogP contribution is 2.41. The van der Waals surface area contributed by atoms with Crippen molar-refractivity contribution in [1.29, 1.82) is 0 Å². The summed E-state index contributed by atoms with van der Waals surface area (Å²) >= 11 is 0. The molecule has 1 aliphatic rings. The first-order valence-corrected chi connectivity index (χ1v) is 7.61. The molecule has 1 heterocycles. The summed E-state index contributed by atoms with van der Waals surface area (Å²) in [6.07, 6.45) is 4.06. The van der Waals surface area contributed by atoms with Gasteiger partial charge in [0.2, 0.25) is 0 Å². The number of hydrogen-bond acceptors (Lipinski definition) is 4. The van der Waals surface area contributed by atoms with Crippen LogP contribution in [0.5, 0.6) is 11.5 Å². The second-order valence-corrected chi connectivity index (χ2v) is 5.56. The minimum absolute atomic E-state index is 0.118. The Hall–Kier alpha value is -1.42. The number of nitrogens with zero attached hydrogens (tertiary/aromatic N) is 1. The quantitative estimate of drug-likeness (QED) is 0.786. The van der Waals surface area contributed by atoms with Crippen molar-refractivity contribution in [2.45, 2.75) is 45.1 Å². The van der Waals surface area contributed by atoms with Gasteiger partial charge < -0.3 is 20.5 Å². The molecule has 0 saturated carbocycles. The molecule has 1 aromatic rings. The third-order valence-corrected chi connectivity index (χ3v) is 4.26. The van der Waals surface area contributed by atoms with Gasteiger partial charge in [-0.3, -0.25) is 0 Å². The number of benzene rings is 1. The predicted octanol–water partition coefficient (Wildman–Crippen LogP) is 2.89. The molecule has 0 atom stereocenters. The van der Waals surface area contributed by atoms with Gasteiger partial charge in [-0.2, -0.15) is 0 Å². The molecule has 112 valence electrons. The highest BCUT2D eigenvalue weighted by Gasteiger charge is 2.36. The number of phenolic OH excluding ortho intramolecular Hbond substituents is 1. The van der Waals surface area contributed by atoms with Crippen LogP contribution in [0.25, 0.3) is 0 Å². The molecule has 0 amide bonds. The van der Waals surface area contributed by atoms with Crippen LogP contribution in [0.1, 0.15) is 39.5 Å². The molecule has 0 aromatic heterocycles. The standard InChI is InChI=1S/C16H26N2O2/c1-3-16(4-2)12-18(10-6-5-9-17)14-11-13(19)7-8-15(14)20-16/h7-8,11,19H,3-6,9-10,12,17H2,1-2H3. The third kappa shape index (κ3) is 3.01. The summed E-state index contributed by atoms with van der Waals surface area (Å²) in [5.74, 6) is 1.17. The number of fused-ring (bicyclic) bond motifs is 1. The average molecular weight is 278 g/mol. The van der Waals surface area contributed by atoms with Crippen molar-refractivity contribution in [3.05, 3.63) is 18.2 Å². The Labute approximate surface area is 121 Å². The number of phenols is 1. The summed E-state index contributed by atoms with van der Waals surface area (Å²) < 4.78 is 6.23. The summed E-state index contributed by atoms with van der Waals surface area (Å²) in [5.41, 5.74) is 6.47. The zero-order valence-electron chi connectivity index (χ0n) is 12.6. The molecule has 0 aliphatic carbocycles. The fourth-order valence-corrected chi connectivity index (χ4v) is 2.80. The van der Waals surface area contributed by atoms with E-state index in [0.717, 1.165) is 56.8 Å². The van der Waals surface area contributed by atoms with E-state index in [1.54, 1.807) is 12.1 Å². The molecule has 1 aromatic carbocycles. The number of anilines is 1. The largest absolute Gasteiger partial charge is 0.508 e. The van der Waals surface area contributed by atoms with Gasteiger partial charge >= 0.3 is 0 Å². The summed E-state index contributed by atoms with van der Waals surface area (Å²) in [5, 5.41) is 9.72. The highest BCUT2D eigenvalue weighted by molar-refractivity contribution is 5.63. The zero-order valence-corrected chi connectivity index (χ0v) is 12.6. The van der Waals surface area contributed by atoms with E-state index in [-0.39, 0.29) is 11.4 Å².